The monoisotopic (exact) mass is 363 g/mol. The number of carbonyl (C=O) groups excluding carboxylic acids is 1. The second-order valence-electron chi connectivity index (χ2n) is 8.14. The molecule has 2 aliphatic heterocycles. The molecule has 1 aromatic heterocycles. The molecule has 0 spiro atoms. The molecule has 3 rings (SSSR count). The number of likely N-dealkylation sites (tertiary alicyclic amines) is 1. The number of piperidine rings is 1. The predicted molar refractivity (Wildman–Crippen MR) is 100 cm³/mol. The fraction of sp³-hybridized carbons (Fsp3) is 0.789. The van der Waals surface area contributed by atoms with Gasteiger partial charge in [-0.1, -0.05) is 13.8 Å². The van der Waals surface area contributed by atoms with Crippen LogP contribution < -0.4 is 5.32 Å². The van der Waals surface area contributed by atoms with Crippen molar-refractivity contribution in [3.05, 3.63) is 17.5 Å². The molecule has 0 saturated carbocycles. The minimum Gasteiger partial charge on any atom is -0.392 e. The molecule has 26 heavy (non-hydrogen) atoms. The number of fused-ring (bicyclic) bond motifs is 1. The molecule has 1 saturated heterocycles. The van der Waals surface area contributed by atoms with Crippen LogP contribution in [-0.2, 0) is 24.4 Å². The maximum Gasteiger partial charge on any atom is 0.234 e. The number of hydrogen-bond acceptors (Lipinski definition) is 5. The second-order valence-corrected chi connectivity index (χ2v) is 8.14. The van der Waals surface area contributed by atoms with Gasteiger partial charge < -0.3 is 10.4 Å². The number of aromatic nitrogens is 2. The first-order valence-electron chi connectivity index (χ1n) is 9.94. The van der Waals surface area contributed by atoms with Crippen molar-refractivity contribution >= 4 is 5.91 Å². The first-order valence-corrected chi connectivity index (χ1v) is 9.94. The van der Waals surface area contributed by atoms with Gasteiger partial charge in [-0.3, -0.25) is 19.3 Å². The third-order valence-corrected chi connectivity index (χ3v) is 5.08. The minimum atomic E-state index is -0.297. The van der Waals surface area contributed by atoms with E-state index in [0.29, 0.717) is 25.6 Å². The average Bonchev–Trinajstić information content (AvgIpc) is 2.85. The molecular formula is C19H33N5O2. The highest BCUT2D eigenvalue weighted by Gasteiger charge is 2.20. The molecule has 3 heterocycles. The Morgan fingerprint density at radius 1 is 1.31 bits per heavy atom. The van der Waals surface area contributed by atoms with Crippen molar-refractivity contribution in [3.8, 4) is 0 Å². The van der Waals surface area contributed by atoms with Crippen LogP contribution in [0.3, 0.4) is 0 Å². The lowest BCUT2D eigenvalue weighted by Gasteiger charge is -2.29. The number of rotatable bonds is 6. The Kier molecular flexibility index (Phi) is 6.67. The van der Waals surface area contributed by atoms with Crippen LogP contribution in [-0.4, -0.2) is 69.4 Å². The van der Waals surface area contributed by atoms with E-state index in [-0.39, 0.29) is 12.0 Å². The normalized spacial score (nSPS) is 22.2. The van der Waals surface area contributed by atoms with Gasteiger partial charge in [-0.05, 0) is 37.8 Å². The van der Waals surface area contributed by atoms with E-state index in [4.69, 9.17) is 0 Å². The zero-order chi connectivity index (χ0) is 18.5. The van der Waals surface area contributed by atoms with Crippen LogP contribution in [0.1, 0.15) is 44.5 Å². The molecule has 0 aliphatic carbocycles. The van der Waals surface area contributed by atoms with Crippen molar-refractivity contribution in [3.63, 3.8) is 0 Å². The van der Waals surface area contributed by atoms with E-state index in [1.54, 1.807) is 0 Å². The number of aliphatic hydroxyl groups excluding tert-OH is 1. The van der Waals surface area contributed by atoms with Crippen molar-refractivity contribution in [2.24, 2.45) is 5.92 Å². The molecule has 1 aromatic rings. The van der Waals surface area contributed by atoms with Gasteiger partial charge in [-0.25, -0.2) is 0 Å². The van der Waals surface area contributed by atoms with Gasteiger partial charge in [0.1, 0.15) is 0 Å². The molecule has 1 atom stereocenters. The van der Waals surface area contributed by atoms with Crippen molar-refractivity contribution in [1.29, 1.82) is 0 Å². The van der Waals surface area contributed by atoms with E-state index in [0.717, 1.165) is 57.7 Å². The van der Waals surface area contributed by atoms with E-state index in [1.165, 1.54) is 5.69 Å². The molecule has 0 aromatic carbocycles. The third kappa shape index (κ3) is 5.53. The van der Waals surface area contributed by atoms with Gasteiger partial charge in [0.15, 0.2) is 0 Å². The molecule has 7 heteroatoms. The van der Waals surface area contributed by atoms with Crippen LogP contribution in [0.2, 0.25) is 0 Å². The van der Waals surface area contributed by atoms with Crippen LogP contribution in [0.5, 0.6) is 0 Å². The van der Waals surface area contributed by atoms with E-state index in [1.807, 2.05) is 4.90 Å². The second kappa shape index (κ2) is 8.97. The Hall–Kier alpha value is -1.44. The van der Waals surface area contributed by atoms with Crippen LogP contribution in [0.4, 0.5) is 0 Å². The third-order valence-electron chi connectivity index (χ3n) is 5.08. The Morgan fingerprint density at radius 2 is 2.12 bits per heavy atom. The minimum absolute atomic E-state index is 0.00345. The number of carbonyl (C=O) groups is 1. The summed E-state index contributed by atoms with van der Waals surface area (Å²) in [5.74, 6) is 0.667. The summed E-state index contributed by atoms with van der Waals surface area (Å²) in [5.41, 5.74) is 2.17. The van der Waals surface area contributed by atoms with Gasteiger partial charge in [0.25, 0.3) is 0 Å². The Morgan fingerprint density at radius 3 is 2.88 bits per heavy atom. The number of nitrogens with zero attached hydrogens (tertiary/aromatic N) is 4. The average molecular weight is 364 g/mol. The standard InChI is InChI=1S/C19H33N5O2/c1-15(2)11-22-7-4-8-24-17(12-22)9-16(21-24)10-20-19(26)14-23-6-3-5-18(25)13-23/h9,15,18,25H,3-8,10-14H2,1-2H3,(H,20,26). The largest absolute Gasteiger partial charge is 0.392 e. The summed E-state index contributed by atoms with van der Waals surface area (Å²) in [6, 6.07) is 2.13. The number of amides is 1. The summed E-state index contributed by atoms with van der Waals surface area (Å²) < 4.78 is 2.10. The van der Waals surface area contributed by atoms with Crippen molar-refractivity contribution in [1.82, 2.24) is 24.9 Å². The van der Waals surface area contributed by atoms with Crippen LogP contribution in [0, 0.1) is 5.92 Å². The Labute approximate surface area is 156 Å². The maximum absolute atomic E-state index is 12.2. The number of nitrogens with one attached hydrogen (secondary N) is 1. The number of aryl methyl sites for hydroxylation is 1. The fourth-order valence-corrected chi connectivity index (χ4v) is 3.97. The van der Waals surface area contributed by atoms with Crippen LogP contribution in [0.25, 0.3) is 0 Å². The van der Waals surface area contributed by atoms with Crippen molar-refractivity contribution in [2.45, 2.75) is 58.8 Å². The zero-order valence-electron chi connectivity index (χ0n) is 16.2. The summed E-state index contributed by atoms with van der Waals surface area (Å²) >= 11 is 0. The first-order chi connectivity index (χ1) is 12.5. The molecule has 0 bridgehead atoms. The van der Waals surface area contributed by atoms with Gasteiger partial charge >= 0.3 is 0 Å². The van der Waals surface area contributed by atoms with E-state index in [2.05, 4.69) is 39.9 Å². The SMILES string of the molecule is CC(C)CN1CCCn2nc(CNC(=O)CN3CCCC(O)C3)cc2C1. The molecule has 1 fully saturated rings. The molecular weight excluding hydrogens is 330 g/mol. The van der Waals surface area contributed by atoms with E-state index < -0.39 is 0 Å². The number of β-amino-alcohol motifs (C(OH)–C–C–N with tert-alkyl or cyclic N) is 1. The lowest BCUT2D eigenvalue weighted by molar-refractivity contribution is -0.123. The maximum atomic E-state index is 12.2. The molecule has 7 nitrogen and oxygen atoms in total. The zero-order valence-corrected chi connectivity index (χ0v) is 16.2. The lowest BCUT2D eigenvalue weighted by atomic mass is 10.1. The van der Waals surface area contributed by atoms with Gasteiger partial charge in [0, 0.05) is 32.7 Å². The lowest BCUT2D eigenvalue weighted by Crippen LogP contribution is -2.44. The van der Waals surface area contributed by atoms with Crippen molar-refractivity contribution < 1.29 is 9.90 Å². The van der Waals surface area contributed by atoms with Gasteiger partial charge in [0.05, 0.1) is 30.6 Å². The summed E-state index contributed by atoms with van der Waals surface area (Å²) in [6.07, 6.45) is 2.61. The first kappa shape index (κ1) is 19.3. The Balaban J connectivity index is 1.49. The highest BCUT2D eigenvalue weighted by Crippen LogP contribution is 2.15. The van der Waals surface area contributed by atoms with Crippen LogP contribution >= 0.6 is 0 Å². The highest BCUT2D eigenvalue weighted by molar-refractivity contribution is 5.77. The quantitative estimate of drug-likeness (QED) is 0.783. The molecule has 0 radical (unpaired) electrons. The number of aliphatic hydroxyl groups is 1. The molecule has 2 aliphatic rings. The highest BCUT2D eigenvalue weighted by atomic mass is 16.3. The summed E-state index contributed by atoms with van der Waals surface area (Å²) in [4.78, 5) is 16.7. The van der Waals surface area contributed by atoms with Crippen LogP contribution in [0.15, 0.2) is 6.07 Å². The molecule has 146 valence electrons. The molecule has 1 amide bonds. The van der Waals surface area contributed by atoms with Gasteiger partial charge in [-0.15, -0.1) is 0 Å². The summed E-state index contributed by atoms with van der Waals surface area (Å²) in [5, 5.41) is 17.4. The molecule has 1 unspecified atom stereocenters. The fourth-order valence-electron chi connectivity index (χ4n) is 3.97. The van der Waals surface area contributed by atoms with Gasteiger partial charge in [0.2, 0.25) is 5.91 Å². The summed E-state index contributed by atoms with van der Waals surface area (Å²) in [6.45, 7) is 10.9. The number of hydrogen-bond donors (Lipinski definition) is 2. The van der Waals surface area contributed by atoms with E-state index >= 15 is 0 Å². The summed E-state index contributed by atoms with van der Waals surface area (Å²) in [7, 11) is 0. The van der Waals surface area contributed by atoms with E-state index in [9.17, 15) is 9.90 Å². The topological polar surface area (TPSA) is 73.6 Å². The Bertz CT molecular complexity index is 601. The van der Waals surface area contributed by atoms with Crippen molar-refractivity contribution in [2.75, 3.05) is 32.7 Å². The predicted octanol–water partition coefficient (Wildman–Crippen LogP) is 0.818. The van der Waals surface area contributed by atoms with Gasteiger partial charge in [-0.2, -0.15) is 5.10 Å². The smallest absolute Gasteiger partial charge is 0.234 e. The molecule has 2 N–H and O–H groups in total.